The number of hydrogen-bond acceptors (Lipinski definition) is 2. The summed E-state index contributed by atoms with van der Waals surface area (Å²) in [5, 5.41) is 0. The summed E-state index contributed by atoms with van der Waals surface area (Å²) in [6, 6.07) is 1.66. The number of rotatable bonds is 15. The van der Waals surface area contributed by atoms with E-state index in [2.05, 4.69) is 16.4 Å². The Morgan fingerprint density at radius 1 is 0.574 bits per heavy atom. The zero-order valence-electron chi connectivity index (χ0n) is 26.4. The van der Waals surface area contributed by atoms with Crippen LogP contribution in [0.5, 0.6) is 11.5 Å². The van der Waals surface area contributed by atoms with E-state index in [1.807, 2.05) is 0 Å². The SMILES string of the molecule is CCC(CCCC1CCC(C(F)(F)Oc2cc(F)c(F)c(F)c2)CC1)CCCC1CCC(C(F)(F)Oc2cc(F)c(F)c(F)c2)CC1. The van der Waals surface area contributed by atoms with Crippen molar-refractivity contribution < 1.29 is 53.4 Å². The van der Waals surface area contributed by atoms with E-state index >= 15 is 0 Å². The van der Waals surface area contributed by atoms with Gasteiger partial charge in [-0.05, 0) is 69.1 Å². The van der Waals surface area contributed by atoms with Gasteiger partial charge < -0.3 is 9.47 Å². The molecule has 47 heavy (non-hydrogen) atoms. The molecular formula is C35H42F10O2. The monoisotopic (exact) mass is 684 g/mol. The minimum absolute atomic E-state index is 0.213. The molecule has 2 aliphatic rings. The maximum absolute atomic E-state index is 14.7. The van der Waals surface area contributed by atoms with Crippen molar-refractivity contribution >= 4 is 0 Å². The third kappa shape index (κ3) is 10.2. The Morgan fingerprint density at radius 2 is 0.894 bits per heavy atom. The predicted molar refractivity (Wildman–Crippen MR) is 156 cm³/mol. The molecule has 2 aliphatic carbocycles. The van der Waals surface area contributed by atoms with Crippen molar-refractivity contribution in [1.29, 1.82) is 0 Å². The largest absolute Gasteiger partial charge is 0.432 e. The third-order valence-electron chi connectivity index (χ3n) is 10.1. The van der Waals surface area contributed by atoms with Gasteiger partial charge in [0.25, 0.3) is 0 Å². The van der Waals surface area contributed by atoms with Gasteiger partial charge in [-0.15, -0.1) is 0 Å². The molecule has 2 aromatic rings. The van der Waals surface area contributed by atoms with E-state index in [4.69, 9.17) is 0 Å². The van der Waals surface area contributed by atoms with Gasteiger partial charge >= 0.3 is 12.2 Å². The molecule has 0 aromatic heterocycles. The minimum atomic E-state index is -3.63. The van der Waals surface area contributed by atoms with Crippen LogP contribution in [-0.2, 0) is 0 Å². The van der Waals surface area contributed by atoms with Crippen molar-refractivity contribution in [3.05, 3.63) is 59.2 Å². The lowest BCUT2D eigenvalue weighted by molar-refractivity contribution is -0.224. The first kappa shape index (κ1) is 37.2. The van der Waals surface area contributed by atoms with Crippen LogP contribution in [-0.4, -0.2) is 12.2 Å². The molecule has 0 radical (unpaired) electrons. The van der Waals surface area contributed by atoms with Crippen molar-refractivity contribution in [3.8, 4) is 11.5 Å². The minimum Gasteiger partial charge on any atom is -0.432 e. The molecule has 2 nitrogen and oxygen atoms in total. The third-order valence-corrected chi connectivity index (χ3v) is 10.1. The zero-order chi connectivity index (χ0) is 34.4. The first-order valence-electron chi connectivity index (χ1n) is 16.6. The Morgan fingerprint density at radius 3 is 1.19 bits per heavy atom. The summed E-state index contributed by atoms with van der Waals surface area (Å²) < 4.78 is 148. The highest BCUT2D eigenvalue weighted by Crippen LogP contribution is 2.43. The smallest absolute Gasteiger partial charge is 0.400 e. The fourth-order valence-electron chi connectivity index (χ4n) is 7.18. The van der Waals surface area contributed by atoms with Gasteiger partial charge in [0, 0.05) is 24.3 Å². The first-order valence-corrected chi connectivity index (χ1v) is 16.6. The molecule has 2 aromatic carbocycles. The number of benzene rings is 2. The van der Waals surface area contributed by atoms with E-state index in [1.54, 1.807) is 0 Å². The Kier molecular flexibility index (Phi) is 12.8. The lowest BCUT2D eigenvalue weighted by atomic mass is 9.78. The molecule has 12 heteroatoms. The molecule has 0 atom stereocenters. The summed E-state index contributed by atoms with van der Waals surface area (Å²) >= 11 is 0. The van der Waals surface area contributed by atoms with Crippen molar-refractivity contribution in [1.82, 2.24) is 0 Å². The lowest BCUT2D eigenvalue weighted by Crippen LogP contribution is -2.37. The van der Waals surface area contributed by atoms with Crippen molar-refractivity contribution in [2.45, 2.75) is 115 Å². The molecule has 2 fully saturated rings. The van der Waals surface area contributed by atoms with Gasteiger partial charge in [0.15, 0.2) is 34.9 Å². The van der Waals surface area contributed by atoms with Crippen LogP contribution in [0.4, 0.5) is 43.9 Å². The fourth-order valence-corrected chi connectivity index (χ4v) is 7.18. The number of hydrogen-bond donors (Lipinski definition) is 0. The van der Waals surface area contributed by atoms with Crippen LogP contribution in [0.2, 0.25) is 0 Å². The van der Waals surface area contributed by atoms with Crippen molar-refractivity contribution in [2.24, 2.45) is 29.6 Å². The number of ether oxygens (including phenoxy) is 2. The van der Waals surface area contributed by atoms with Crippen LogP contribution < -0.4 is 9.47 Å². The van der Waals surface area contributed by atoms with Gasteiger partial charge in [-0.25, -0.2) is 26.3 Å². The molecule has 0 amide bonds. The lowest BCUT2D eigenvalue weighted by Gasteiger charge is -2.33. The normalized spacial score (nSPS) is 23.0. The molecule has 264 valence electrons. The molecule has 0 aliphatic heterocycles. The average molecular weight is 685 g/mol. The fraction of sp³-hybridized carbons (Fsp3) is 0.657. The van der Waals surface area contributed by atoms with Crippen LogP contribution in [0.3, 0.4) is 0 Å². The van der Waals surface area contributed by atoms with Crippen molar-refractivity contribution in [3.63, 3.8) is 0 Å². The van der Waals surface area contributed by atoms with E-state index in [9.17, 15) is 43.9 Å². The van der Waals surface area contributed by atoms with E-state index in [-0.39, 0.29) is 25.7 Å². The number of halogens is 10. The quantitative estimate of drug-likeness (QED) is 0.137. The van der Waals surface area contributed by atoms with E-state index in [0.717, 1.165) is 44.9 Å². The highest BCUT2D eigenvalue weighted by atomic mass is 19.3. The maximum atomic E-state index is 14.7. The molecule has 0 heterocycles. The summed E-state index contributed by atoms with van der Waals surface area (Å²) in [5.41, 5.74) is 0. The maximum Gasteiger partial charge on any atom is 0.400 e. The summed E-state index contributed by atoms with van der Waals surface area (Å²) in [4.78, 5) is 0. The Bertz CT molecular complexity index is 1160. The molecule has 0 bridgehead atoms. The first-order chi connectivity index (χ1) is 22.2. The van der Waals surface area contributed by atoms with Gasteiger partial charge in [-0.1, -0.05) is 51.9 Å². The Labute approximate surface area is 269 Å². The van der Waals surface area contributed by atoms with Crippen molar-refractivity contribution in [2.75, 3.05) is 0 Å². The Balaban J connectivity index is 1.10. The van der Waals surface area contributed by atoms with Gasteiger partial charge in [-0.3, -0.25) is 0 Å². The molecule has 4 rings (SSSR count). The van der Waals surface area contributed by atoms with Crippen LogP contribution >= 0.6 is 0 Å². The molecule has 0 unspecified atom stereocenters. The van der Waals surface area contributed by atoms with E-state index in [0.29, 0.717) is 67.7 Å². The average Bonchev–Trinajstić information content (AvgIpc) is 3.01. The predicted octanol–water partition coefficient (Wildman–Crippen LogP) is 12.1. The van der Waals surface area contributed by atoms with Crippen LogP contribution in [0.1, 0.15) is 103 Å². The summed E-state index contributed by atoms with van der Waals surface area (Å²) in [5.74, 6) is -12.4. The Hall–Kier alpha value is -2.66. The van der Waals surface area contributed by atoms with Gasteiger partial charge in [0.2, 0.25) is 0 Å². The van der Waals surface area contributed by atoms with Gasteiger partial charge in [-0.2, -0.15) is 17.6 Å². The van der Waals surface area contributed by atoms with E-state index in [1.165, 1.54) is 0 Å². The molecule has 0 N–H and O–H groups in total. The van der Waals surface area contributed by atoms with Crippen LogP contribution in [0, 0.1) is 64.5 Å². The second-order valence-corrected chi connectivity index (χ2v) is 13.3. The number of alkyl halides is 4. The second-order valence-electron chi connectivity index (χ2n) is 13.3. The summed E-state index contributed by atoms with van der Waals surface area (Å²) in [6.45, 7) is 2.13. The zero-order valence-corrected chi connectivity index (χ0v) is 26.4. The van der Waals surface area contributed by atoms with Crippen LogP contribution in [0.25, 0.3) is 0 Å². The molecule has 2 saturated carbocycles. The molecule has 0 spiro atoms. The second kappa shape index (κ2) is 16.2. The molecular weight excluding hydrogens is 642 g/mol. The van der Waals surface area contributed by atoms with E-state index < -0.39 is 70.5 Å². The van der Waals surface area contributed by atoms with Gasteiger partial charge in [0.1, 0.15) is 11.5 Å². The summed E-state index contributed by atoms with van der Waals surface area (Å²) in [6.07, 6.45) is 2.77. The highest BCUT2D eigenvalue weighted by molar-refractivity contribution is 5.26. The topological polar surface area (TPSA) is 18.5 Å². The van der Waals surface area contributed by atoms with Crippen LogP contribution in [0.15, 0.2) is 24.3 Å². The summed E-state index contributed by atoms with van der Waals surface area (Å²) in [7, 11) is 0. The van der Waals surface area contributed by atoms with Gasteiger partial charge in [0.05, 0.1) is 11.8 Å². The molecule has 0 saturated heterocycles. The standard InChI is InChI=1S/C35H42F10O2/c1-2-21(5-3-7-22-9-13-24(14-10-22)34(42,43)46-26-17-28(36)32(40)29(37)18-26)6-4-8-23-11-15-25(16-12-23)35(44,45)47-27-19-30(38)33(41)31(39)20-27/h17-25H,2-16H2,1H3. The highest BCUT2D eigenvalue weighted by Gasteiger charge is 2.45.